The second-order valence-corrected chi connectivity index (χ2v) is 7.84. The fraction of sp³-hybridized carbons (Fsp3) is 0.133. The van der Waals surface area contributed by atoms with Crippen LogP contribution in [0, 0.1) is 10.1 Å². The van der Waals surface area contributed by atoms with Crippen LogP contribution >= 0.6 is 31.9 Å². The van der Waals surface area contributed by atoms with Gasteiger partial charge in [0, 0.05) is 18.7 Å². The molecule has 22 heavy (non-hydrogen) atoms. The Kier molecular flexibility index (Phi) is 4.01. The van der Waals surface area contributed by atoms with E-state index < -0.39 is 0 Å². The number of fused-ring (bicyclic) bond motifs is 1. The van der Waals surface area contributed by atoms with Crippen LogP contribution in [-0.2, 0) is 7.05 Å². The van der Waals surface area contributed by atoms with E-state index in [4.69, 9.17) is 0 Å². The minimum Gasteiger partial charge on any atom is -0.327 e. The molecule has 0 amide bonds. The molecule has 1 aromatic heterocycles. The molecule has 0 bridgehead atoms. The predicted molar refractivity (Wildman–Crippen MR) is 93.4 cm³/mol. The van der Waals surface area contributed by atoms with Crippen LogP contribution < -0.4 is 0 Å². The molecule has 3 rings (SSSR count). The van der Waals surface area contributed by atoms with E-state index in [1.165, 1.54) is 6.07 Å². The standard InChI is InChI=1S/C15H11Br2N3O2/c1-19-13-10(14(16)17)6-4-7-11(13)18-15(19)9-5-2-3-8-12(9)20(21)22/h2-8,14H,1H3. The summed E-state index contributed by atoms with van der Waals surface area (Å²) in [5, 5.41) is 11.3. The molecular weight excluding hydrogens is 414 g/mol. The molecule has 5 nitrogen and oxygen atoms in total. The molecule has 0 aliphatic heterocycles. The average molecular weight is 425 g/mol. The number of benzene rings is 2. The number of hydrogen-bond donors (Lipinski definition) is 0. The van der Waals surface area contributed by atoms with Crippen LogP contribution in [0.2, 0.25) is 0 Å². The summed E-state index contributed by atoms with van der Waals surface area (Å²) < 4.78 is 1.88. The molecule has 7 heteroatoms. The van der Waals surface area contributed by atoms with Crippen LogP contribution in [-0.4, -0.2) is 14.5 Å². The monoisotopic (exact) mass is 423 g/mol. The Morgan fingerprint density at radius 3 is 2.59 bits per heavy atom. The van der Waals surface area contributed by atoms with Gasteiger partial charge in [0.05, 0.1) is 25.3 Å². The first-order valence-electron chi connectivity index (χ1n) is 6.48. The lowest BCUT2D eigenvalue weighted by Gasteiger charge is -2.07. The molecule has 0 aliphatic rings. The molecule has 0 N–H and O–H groups in total. The van der Waals surface area contributed by atoms with Gasteiger partial charge in [0.2, 0.25) is 0 Å². The summed E-state index contributed by atoms with van der Waals surface area (Å²) in [7, 11) is 1.87. The lowest BCUT2D eigenvalue weighted by atomic mass is 10.1. The lowest BCUT2D eigenvalue weighted by Crippen LogP contribution is -1.98. The summed E-state index contributed by atoms with van der Waals surface area (Å²) in [6.45, 7) is 0. The van der Waals surface area contributed by atoms with Crippen molar-refractivity contribution in [2.45, 2.75) is 3.74 Å². The van der Waals surface area contributed by atoms with Gasteiger partial charge in [-0.05, 0) is 12.1 Å². The van der Waals surface area contributed by atoms with Crippen molar-refractivity contribution in [2.24, 2.45) is 7.05 Å². The van der Waals surface area contributed by atoms with E-state index in [2.05, 4.69) is 36.8 Å². The average Bonchev–Trinajstić information content (AvgIpc) is 2.84. The summed E-state index contributed by atoms with van der Waals surface area (Å²) in [5.74, 6) is 0.579. The number of hydrogen-bond acceptors (Lipinski definition) is 3. The third-order valence-corrected chi connectivity index (χ3v) is 4.49. The van der Waals surface area contributed by atoms with Crippen molar-refractivity contribution >= 4 is 48.6 Å². The Labute approximate surface area is 143 Å². The molecule has 0 radical (unpaired) electrons. The molecule has 0 aliphatic carbocycles. The van der Waals surface area contributed by atoms with Crippen LogP contribution in [0.25, 0.3) is 22.4 Å². The largest absolute Gasteiger partial charge is 0.327 e. The first-order chi connectivity index (χ1) is 10.5. The van der Waals surface area contributed by atoms with Gasteiger partial charge >= 0.3 is 0 Å². The molecule has 0 saturated heterocycles. The van der Waals surface area contributed by atoms with E-state index in [9.17, 15) is 10.1 Å². The van der Waals surface area contributed by atoms with Crippen molar-refractivity contribution in [1.29, 1.82) is 0 Å². The number of nitro benzene ring substituents is 1. The Balaban J connectivity index is 2.32. The Morgan fingerprint density at radius 2 is 1.91 bits per heavy atom. The van der Waals surface area contributed by atoms with E-state index >= 15 is 0 Å². The quantitative estimate of drug-likeness (QED) is 0.340. The fourth-order valence-corrected chi connectivity index (χ4v) is 3.28. The van der Waals surface area contributed by atoms with Crippen LogP contribution in [0.15, 0.2) is 42.5 Å². The summed E-state index contributed by atoms with van der Waals surface area (Å²) in [6, 6.07) is 12.5. The maximum atomic E-state index is 11.3. The van der Waals surface area contributed by atoms with Crippen molar-refractivity contribution < 1.29 is 4.92 Å². The highest BCUT2D eigenvalue weighted by molar-refractivity contribution is 9.24. The van der Waals surface area contributed by atoms with Crippen molar-refractivity contribution in [3.05, 3.63) is 58.1 Å². The zero-order chi connectivity index (χ0) is 15.9. The third kappa shape index (κ3) is 2.44. The van der Waals surface area contributed by atoms with E-state index in [1.807, 2.05) is 29.8 Å². The van der Waals surface area contributed by atoms with Crippen LogP contribution in [0.5, 0.6) is 0 Å². The maximum absolute atomic E-state index is 11.3. The van der Waals surface area contributed by atoms with E-state index in [-0.39, 0.29) is 14.3 Å². The first-order valence-corrected chi connectivity index (χ1v) is 8.31. The van der Waals surface area contributed by atoms with Crippen molar-refractivity contribution in [3.63, 3.8) is 0 Å². The molecule has 1 heterocycles. The number of aryl methyl sites for hydroxylation is 1. The third-order valence-electron chi connectivity index (χ3n) is 3.50. The van der Waals surface area contributed by atoms with Gasteiger partial charge in [-0.25, -0.2) is 4.98 Å². The highest BCUT2D eigenvalue weighted by atomic mass is 79.9. The number of imidazole rings is 1. The normalized spacial score (nSPS) is 11.3. The van der Waals surface area contributed by atoms with Gasteiger partial charge in [0.25, 0.3) is 5.69 Å². The van der Waals surface area contributed by atoms with Crippen LogP contribution in [0.4, 0.5) is 5.69 Å². The number of halogens is 2. The molecule has 2 aromatic carbocycles. The summed E-state index contributed by atoms with van der Waals surface area (Å²) in [5.41, 5.74) is 3.33. The molecule has 112 valence electrons. The Morgan fingerprint density at radius 1 is 1.18 bits per heavy atom. The number of nitro groups is 1. The molecule has 0 atom stereocenters. The Hall–Kier alpha value is -1.73. The molecular formula is C15H11Br2N3O2. The van der Waals surface area contributed by atoms with Gasteiger partial charge in [-0.1, -0.05) is 56.1 Å². The van der Waals surface area contributed by atoms with Gasteiger partial charge in [-0.2, -0.15) is 0 Å². The van der Waals surface area contributed by atoms with Crippen LogP contribution in [0.1, 0.15) is 9.30 Å². The summed E-state index contributed by atoms with van der Waals surface area (Å²) in [4.78, 5) is 15.5. The van der Waals surface area contributed by atoms with E-state index in [0.29, 0.717) is 11.4 Å². The molecule has 0 saturated carbocycles. The smallest absolute Gasteiger partial charge is 0.280 e. The predicted octanol–water partition coefficient (Wildman–Crippen LogP) is 4.94. The van der Waals surface area contributed by atoms with Gasteiger partial charge in [-0.3, -0.25) is 10.1 Å². The SMILES string of the molecule is Cn1c(-c2ccccc2[N+](=O)[O-])nc2cccc(C(Br)Br)c21. The van der Waals surface area contributed by atoms with Gasteiger partial charge in [0.1, 0.15) is 5.82 Å². The molecule has 0 unspecified atom stereocenters. The highest BCUT2D eigenvalue weighted by Crippen LogP contribution is 2.37. The van der Waals surface area contributed by atoms with Crippen LogP contribution in [0.3, 0.4) is 0 Å². The van der Waals surface area contributed by atoms with Crippen molar-refractivity contribution in [3.8, 4) is 11.4 Å². The van der Waals surface area contributed by atoms with Gasteiger partial charge < -0.3 is 4.57 Å². The zero-order valence-corrected chi connectivity index (χ0v) is 14.7. The second kappa shape index (κ2) is 5.81. The number of alkyl halides is 2. The fourth-order valence-electron chi connectivity index (χ4n) is 2.54. The zero-order valence-electron chi connectivity index (χ0n) is 11.5. The minimum absolute atomic E-state index is 0.0160. The maximum Gasteiger partial charge on any atom is 0.280 e. The van der Waals surface area contributed by atoms with Gasteiger partial charge in [-0.15, -0.1) is 0 Å². The summed E-state index contributed by atoms with van der Waals surface area (Å²) >= 11 is 7.02. The number of nitrogens with zero attached hydrogens (tertiary/aromatic N) is 3. The van der Waals surface area contributed by atoms with Crippen molar-refractivity contribution in [2.75, 3.05) is 0 Å². The Bertz CT molecular complexity index is 874. The lowest BCUT2D eigenvalue weighted by molar-refractivity contribution is -0.384. The first kappa shape index (κ1) is 15.2. The van der Waals surface area contributed by atoms with Crippen molar-refractivity contribution in [1.82, 2.24) is 9.55 Å². The number of rotatable bonds is 3. The molecule has 3 aromatic rings. The number of aromatic nitrogens is 2. The topological polar surface area (TPSA) is 61.0 Å². The summed E-state index contributed by atoms with van der Waals surface area (Å²) in [6.07, 6.45) is 0. The highest BCUT2D eigenvalue weighted by Gasteiger charge is 2.21. The molecule has 0 fully saturated rings. The van der Waals surface area contributed by atoms with E-state index in [0.717, 1.165) is 16.6 Å². The molecule has 0 spiro atoms. The minimum atomic E-state index is -0.382. The number of para-hydroxylation sites is 2. The van der Waals surface area contributed by atoms with Gasteiger partial charge in [0.15, 0.2) is 0 Å². The van der Waals surface area contributed by atoms with E-state index in [1.54, 1.807) is 18.2 Å². The second-order valence-electron chi connectivity index (χ2n) is 4.78.